The molecule has 1 fully saturated rings. The van der Waals surface area contributed by atoms with E-state index in [1.165, 1.54) is 45.1 Å². The van der Waals surface area contributed by atoms with Crippen molar-refractivity contribution in [1.29, 1.82) is 0 Å². The minimum atomic E-state index is -3.59. The largest absolute Gasteiger partial charge is 0.495 e. The summed E-state index contributed by atoms with van der Waals surface area (Å²) < 4.78 is 32.5. The van der Waals surface area contributed by atoms with Crippen LogP contribution in [0, 0.1) is 5.92 Å². The fraction of sp³-hybridized carbons (Fsp3) is 0.533. The highest BCUT2D eigenvalue weighted by Gasteiger charge is 2.21. The number of nitrogens with one attached hydrogen (secondary N) is 2. The molecule has 1 amide bonds. The van der Waals surface area contributed by atoms with Gasteiger partial charge in [0.05, 0.1) is 17.7 Å². The van der Waals surface area contributed by atoms with Crippen LogP contribution in [-0.4, -0.2) is 28.0 Å². The number of hydrogen-bond donors (Lipinski definition) is 2. The molecule has 0 saturated heterocycles. The SMILES string of the molecule is COc1ccc(S(=O)(=O)NCC2CCCC2)cc1NC(C)=O. The van der Waals surface area contributed by atoms with Gasteiger partial charge < -0.3 is 10.1 Å². The van der Waals surface area contributed by atoms with E-state index >= 15 is 0 Å². The van der Waals surface area contributed by atoms with Gasteiger partial charge in [0.1, 0.15) is 5.75 Å². The van der Waals surface area contributed by atoms with Crippen molar-refractivity contribution in [2.75, 3.05) is 19.0 Å². The second-order valence-electron chi connectivity index (χ2n) is 5.55. The molecule has 0 aromatic heterocycles. The van der Waals surface area contributed by atoms with Crippen LogP contribution < -0.4 is 14.8 Å². The Kier molecular flexibility index (Phi) is 5.42. The van der Waals surface area contributed by atoms with Crippen molar-refractivity contribution in [2.24, 2.45) is 5.92 Å². The quantitative estimate of drug-likeness (QED) is 0.838. The van der Waals surface area contributed by atoms with Crippen molar-refractivity contribution in [3.05, 3.63) is 18.2 Å². The first-order valence-corrected chi connectivity index (χ1v) is 8.86. The molecule has 2 rings (SSSR count). The standard InChI is InChI=1S/C15H22N2O4S/c1-11(18)17-14-9-13(7-8-15(14)21-2)22(19,20)16-10-12-5-3-4-6-12/h7-9,12,16H,3-6,10H2,1-2H3,(H,17,18). The molecule has 6 nitrogen and oxygen atoms in total. The number of sulfonamides is 1. The summed E-state index contributed by atoms with van der Waals surface area (Å²) in [6.07, 6.45) is 4.48. The van der Waals surface area contributed by atoms with Crippen LogP contribution >= 0.6 is 0 Å². The van der Waals surface area contributed by atoms with Crippen molar-refractivity contribution in [2.45, 2.75) is 37.5 Å². The lowest BCUT2D eigenvalue weighted by Crippen LogP contribution is -2.28. The minimum Gasteiger partial charge on any atom is -0.495 e. The van der Waals surface area contributed by atoms with Crippen LogP contribution in [0.3, 0.4) is 0 Å². The van der Waals surface area contributed by atoms with Crippen LogP contribution in [0.25, 0.3) is 0 Å². The lowest BCUT2D eigenvalue weighted by molar-refractivity contribution is -0.114. The Morgan fingerprint density at radius 1 is 1.32 bits per heavy atom. The number of hydrogen-bond acceptors (Lipinski definition) is 4. The molecule has 0 aliphatic heterocycles. The molecule has 22 heavy (non-hydrogen) atoms. The van der Waals surface area contributed by atoms with E-state index < -0.39 is 10.0 Å². The number of carbonyl (C=O) groups excluding carboxylic acids is 1. The molecule has 0 unspecified atom stereocenters. The summed E-state index contributed by atoms with van der Waals surface area (Å²) in [5.41, 5.74) is 0.346. The summed E-state index contributed by atoms with van der Waals surface area (Å²) in [4.78, 5) is 11.3. The summed E-state index contributed by atoms with van der Waals surface area (Å²) in [5.74, 6) is 0.555. The van der Waals surface area contributed by atoms with Gasteiger partial charge in [0.15, 0.2) is 0 Å². The van der Waals surface area contributed by atoms with Crippen LogP contribution in [0.5, 0.6) is 5.75 Å². The highest BCUT2D eigenvalue weighted by molar-refractivity contribution is 7.89. The van der Waals surface area contributed by atoms with Crippen LogP contribution in [0.2, 0.25) is 0 Å². The molecule has 0 heterocycles. The van der Waals surface area contributed by atoms with Gasteiger partial charge in [-0.2, -0.15) is 0 Å². The average molecular weight is 326 g/mol. The van der Waals surface area contributed by atoms with Crippen molar-refractivity contribution < 1.29 is 17.9 Å². The second kappa shape index (κ2) is 7.11. The lowest BCUT2D eigenvalue weighted by atomic mass is 10.1. The van der Waals surface area contributed by atoms with Gasteiger partial charge in [-0.25, -0.2) is 13.1 Å². The van der Waals surface area contributed by atoms with Crippen molar-refractivity contribution in [3.8, 4) is 5.75 Å². The van der Waals surface area contributed by atoms with E-state index in [2.05, 4.69) is 10.0 Å². The highest BCUT2D eigenvalue weighted by atomic mass is 32.2. The molecule has 1 aliphatic rings. The molecular formula is C15H22N2O4S. The lowest BCUT2D eigenvalue weighted by Gasteiger charge is -2.14. The Labute approximate surface area is 131 Å². The fourth-order valence-electron chi connectivity index (χ4n) is 2.67. The highest BCUT2D eigenvalue weighted by Crippen LogP contribution is 2.28. The molecule has 0 bridgehead atoms. The third-order valence-corrected chi connectivity index (χ3v) is 5.25. The number of benzene rings is 1. The maximum absolute atomic E-state index is 12.4. The van der Waals surface area contributed by atoms with Gasteiger partial charge in [-0.15, -0.1) is 0 Å². The second-order valence-corrected chi connectivity index (χ2v) is 7.31. The maximum atomic E-state index is 12.4. The monoisotopic (exact) mass is 326 g/mol. The first-order chi connectivity index (χ1) is 10.4. The first-order valence-electron chi connectivity index (χ1n) is 7.37. The maximum Gasteiger partial charge on any atom is 0.240 e. The van der Waals surface area contributed by atoms with E-state index in [-0.39, 0.29) is 10.8 Å². The molecule has 122 valence electrons. The van der Waals surface area contributed by atoms with E-state index in [0.29, 0.717) is 23.9 Å². The normalized spacial score (nSPS) is 15.7. The molecule has 7 heteroatoms. The molecule has 1 aliphatic carbocycles. The topological polar surface area (TPSA) is 84.5 Å². The predicted octanol–water partition coefficient (Wildman–Crippen LogP) is 2.12. The predicted molar refractivity (Wildman–Crippen MR) is 84.4 cm³/mol. The molecule has 2 N–H and O–H groups in total. The van der Waals surface area contributed by atoms with Crippen molar-refractivity contribution in [3.63, 3.8) is 0 Å². The molecule has 0 spiro atoms. The van der Waals surface area contributed by atoms with E-state index in [9.17, 15) is 13.2 Å². The average Bonchev–Trinajstić information content (AvgIpc) is 2.98. The van der Waals surface area contributed by atoms with Crippen molar-refractivity contribution in [1.82, 2.24) is 4.72 Å². The van der Waals surface area contributed by atoms with Crippen LogP contribution in [0.15, 0.2) is 23.1 Å². The van der Waals surface area contributed by atoms with Gasteiger partial charge in [-0.3, -0.25) is 4.79 Å². The summed E-state index contributed by atoms with van der Waals surface area (Å²) in [6, 6.07) is 4.42. The zero-order chi connectivity index (χ0) is 16.2. The number of rotatable bonds is 6. The number of ether oxygens (including phenoxy) is 1. The third kappa shape index (κ3) is 4.20. The van der Waals surface area contributed by atoms with Gasteiger partial charge in [0.25, 0.3) is 0 Å². The number of carbonyl (C=O) groups is 1. The van der Waals surface area contributed by atoms with E-state index in [0.717, 1.165) is 12.8 Å². The number of anilines is 1. The Bertz CT molecular complexity index is 637. The van der Waals surface area contributed by atoms with E-state index in [1.807, 2.05) is 0 Å². The summed E-state index contributed by atoms with van der Waals surface area (Å²) in [5, 5.41) is 2.58. The Morgan fingerprint density at radius 2 is 2.00 bits per heavy atom. The molecule has 1 saturated carbocycles. The van der Waals surface area contributed by atoms with Crippen LogP contribution in [0.1, 0.15) is 32.6 Å². The summed E-state index contributed by atoms with van der Waals surface area (Å²) >= 11 is 0. The van der Waals surface area contributed by atoms with Crippen molar-refractivity contribution >= 4 is 21.6 Å². The Morgan fingerprint density at radius 3 is 2.59 bits per heavy atom. The molecule has 0 radical (unpaired) electrons. The fourth-order valence-corrected chi connectivity index (χ4v) is 3.81. The number of methoxy groups -OCH3 is 1. The van der Waals surface area contributed by atoms with Gasteiger partial charge in [-0.1, -0.05) is 12.8 Å². The smallest absolute Gasteiger partial charge is 0.240 e. The van der Waals surface area contributed by atoms with E-state index in [1.54, 1.807) is 0 Å². The molecule has 0 atom stereocenters. The van der Waals surface area contributed by atoms with Gasteiger partial charge in [0.2, 0.25) is 15.9 Å². The Balaban J connectivity index is 2.16. The molecule has 1 aromatic carbocycles. The van der Waals surface area contributed by atoms with Crippen LogP contribution in [-0.2, 0) is 14.8 Å². The minimum absolute atomic E-state index is 0.120. The zero-order valence-electron chi connectivity index (χ0n) is 12.9. The number of amides is 1. The summed E-state index contributed by atoms with van der Waals surface area (Å²) in [6.45, 7) is 1.82. The van der Waals surface area contributed by atoms with Gasteiger partial charge >= 0.3 is 0 Å². The Hall–Kier alpha value is -1.60. The van der Waals surface area contributed by atoms with E-state index in [4.69, 9.17) is 4.74 Å². The first kappa shape index (κ1) is 16.8. The van der Waals surface area contributed by atoms with Gasteiger partial charge in [-0.05, 0) is 37.0 Å². The van der Waals surface area contributed by atoms with Crippen LogP contribution in [0.4, 0.5) is 5.69 Å². The zero-order valence-corrected chi connectivity index (χ0v) is 13.7. The molecular weight excluding hydrogens is 304 g/mol. The van der Waals surface area contributed by atoms with Gasteiger partial charge in [0, 0.05) is 13.5 Å². The third-order valence-electron chi connectivity index (χ3n) is 3.83. The molecule has 1 aromatic rings. The summed E-state index contributed by atoms with van der Waals surface area (Å²) in [7, 11) is -2.12.